The molecule has 1 unspecified atom stereocenters. The van der Waals surface area contributed by atoms with Crippen molar-refractivity contribution in [3.8, 4) is 0 Å². The highest BCUT2D eigenvalue weighted by Crippen LogP contribution is 2.36. The molecule has 0 fully saturated rings. The molecular weight excluding hydrogens is 392 g/mol. The van der Waals surface area contributed by atoms with Crippen LogP contribution >= 0.6 is 31.9 Å². The Morgan fingerprint density at radius 1 is 0.789 bits per heavy atom. The Hall–Kier alpha value is -0.880. The molecule has 0 N–H and O–H groups in total. The number of halogens is 6. The van der Waals surface area contributed by atoms with Crippen molar-refractivity contribution in [2.75, 3.05) is 0 Å². The molecule has 19 heavy (non-hydrogen) atoms. The Morgan fingerprint density at radius 2 is 1.32 bits per heavy atom. The molecular formula is C13H6Br2F4. The predicted molar refractivity (Wildman–Crippen MR) is 71.2 cm³/mol. The normalized spacial score (nSPS) is 12.5. The average Bonchev–Trinajstić information content (AvgIpc) is 2.25. The van der Waals surface area contributed by atoms with E-state index in [0.29, 0.717) is 22.2 Å². The van der Waals surface area contributed by atoms with Crippen molar-refractivity contribution in [1.82, 2.24) is 0 Å². The van der Waals surface area contributed by atoms with Crippen molar-refractivity contribution >= 4 is 31.9 Å². The minimum Gasteiger partial charge on any atom is -0.207 e. The summed E-state index contributed by atoms with van der Waals surface area (Å²) < 4.78 is 53.8. The molecule has 0 heterocycles. The lowest BCUT2D eigenvalue weighted by atomic mass is 10.0. The third kappa shape index (κ3) is 3.17. The molecule has 100 valence electrons. The van der Waals surface area contributed by atoms with Gasteiger partial charge in [0.05, 0.1) is 4.83 Å². The highest BCUT2D eigenvalue weighted by molar-refractivity contribution is 9.10. The van der Waals surface area contributed by atoms with Crippen molar-refractivity contribution in [3.05, 3.63) is 69.2 Å². The fraction of sp³-hybridized carbons (Fsp3) is 0.0769. The number of rotatable bonds is 2. The van der Waals surface area contributed by atoms with Crippen LogP contribution in [0.1, 0.15) is 16.0 Å². The summed E-state index contributed by atoms with van der Waals surface area (Å²) in [7, 11) is 0. The molecule has 0 aliphatic rings. The zero-order valence-electron chi connectivity index (χ0n) is 9.23. The van der Waals surface area contributed by atoms with Gasteiger partial charge in [-0.15, -0.1) is 0 Å². The smallest absolute Gasteiger partial charge is 0.133 e. The largest absolute Gasteiger partial charge is 0.207 e. The van der Waals surface area contributed by atoms with Crippen LogP contribution in [0.2, 0.25) is 0 Å². The first kappa shape index (κ1) is 14.5. The number of alkyl halides is 1. The summed E-state index contributed by atoms with van der Waals surface area (Å²) in [5.74, 6) is -3.60. The molecule has 2 rings (SSSR count). The van der Waals surface area contributed by atoms with Gasteiger partial charge in [0.25, 0.3) is 0 Å². The molecule has 0 aromatic heterocycles. The summed E-state index contributed by atoms with van der Waals surface area (Å²) in [6.45, 7) is 0. The van der Waals surface area contributed by atoms with E-state index in [4.69, 9.17) is 0 Å². The molecule has 0 radical (unpaired) electrons. The van der Waals surface area contributed by atoms with Gasteiger partial charge in [-0.1, -0.05) is 31.9 Å². The van der Waals surface area contributed by atoms with Gasteiger partial charge in [0.1, 0.15) is 23.3 Å². The SMILES string of the molecule is Fc1cc(Br)cc(C(Br)c2c(F)cc(F)cc2F)c1. The monoisotopic (exact) mass is 396 g/mol. The van der Waals surface area contributed by atoms with E-state index in [0.717, 1.165) is 6.07 Å². The van der Waals surface area contributed by atoms with Crippen LogP contribution in [0.3, 0.4) is 0 Å². The van der Waals surface area contributed by atoms with Gasteiger partial charge >= 0.3 is 0 Å². The van der Waals surface area contributed by atoms with E-state index in [-0.39, 0.29) is 5.56 Å². The quantitative estimate of drug-likeness (QED) is 0.464. The summed E-state index contributed by atoms with van der Waals surface area (Å²) in [4.78, 5) is -0.917. The first-order valence-electron chi connectivity index (χ1n) is 5.13. The van der Waals surface area contributed by atoms with Crippen molar-refractivity contribution in [2.24, 2.45) is 0 Å². The maximum atomic E-state index is 13.6. The second-order valence-corrected chi connectivity index (χ2v) is 5.68. The number of benzene rings is 2. The Kier molecular flexibility index (Phi) is 4.30. The molecule has 0 nitrogen and oxygen atoms in total. The molecule has 2 aromatic rings. The lowest BCUT2D eigenvalue weighted by Gasteiger charge is -2.13. The third-order valence-electron chi connectivity index (χ3n) is 2.47. The van der Waals surface area contributed by atoms with Crippen LogP contribution in [0, 0.1) is 23.3 Å². The van der Waals surface area contributed by atoms with Crippen LogP contribution in [0.25, 0.3) is 0 Å². The maximum absolute atomic E-state index is 13.6. The van der Waals surface area contributed by atoms with E-state index in [1.807, 2.05) is 0 Å². The minimum atomic E-state index is -1.03. The molecule has 0 saturated heterocycles. The molecule has 2 aromatic carbocycles. The molecule has 0 bridgehead atoms. The van der Waals surface area contributed by atoms with Gasteiger partial charge in [-0.25, -0.2) is 17.6 Å². The molecule has 0 amide bonds. The fourth-order valence-electron chi connectivity index (χ4n) is 1.68. The molecule has 1 atom stereocenters. The summed E-state index contributed by atoms with van der Waals surface area (Å²) in [6.07, 6.45) is 0. The standard InChI is InChI=1S/C13H6Br2F4/c14-7-1-6(2-8(16)3-7)13(15)12-10(18)4-9(17)5-11(12)19/h1-5,13H. The van der Waals surface area contributed by atoms with Crippen LogP contribution in [-0.4, -0.2) is 0 Å². The molecule has 0 aliphatic heterocycles. The Labute approximate surface area is 123 Å². The van der Waals surface area contributed by atoms with Crippen LogP contribution < -0.4 is 0 Å². The van der Waals surface area contributed by atoms with Crippen LogP contribution in [0.5, 0.6) is 0 Å². The van der Waals surface area contributed by atoms with Crippen molar-refractivity contribution in [1.29, 1.82) is 0 Å². The van der Waals surface area contributed by atoms with Gasteiger partial charge in [-0.05, 0) is 23.8 Å². The highest BCUT2D eigenvalue weighted by Gasteiger charge is 2.21. The first-order chi connectivity index (χ1) is 8.88. The van der Waals surface area contributed by atoms with Gasteiger partial charge in [-0.2, -0.15) is 0 Å². The maximum Gasteiger partial charge on any atom is 0.133 e. The summed E-state index contributed by atoms with van der Waals surface area (Å²) in [5, 5.41) is 0. The zero-order valence-corrected chi connectivity index (χ0v) is 12.4. The number of hydrogen-bond acceptors (Lipinski definition) is 0. The van der Waals surface area contributed by atoms with Crippen molar-refractivity contribution in [2.45, 2.75) is 4.83 Å². The van der Waals surface area contributed by atoms with Crippen molar-refractivity contribution in [3.63, 3.8) is 0 Å². The van der Waals surface area contributed by atoms with Gasteiger partial charge < -0.3 is 0 Å². The van der Waals surface area contributed by atoms with Gasteiger partial charge in [0.2, 0.25) is 0 Å². The topological polar surface area (TPSA) is 0 Å². The van der Waals surface area contributed by atoms with Gasteiger partial charge in [-0.3, -0.25) is 0 Å². The van der Waals surface area contributed by atoms with E-state index in [1.165, 1.54) is 12.1 Å². The van der Waals surface area contributed by atoms with Crippen LogP contribution in [-0.2, 0) is 0 Å². The molecule has 6 heteroatoms. The number of hydrogen-bond donors (Lipinski definition) is 0. The van der Waals surface area contributed by atoms with Gasteiger partial charge in [0, 0.05) is 22.2 Å². The van der Waals surface area contributed by atoms with E-state index in [9.17, 15) is 17.6 Å². The Balaban J connectivity index is 2.52. The molecule has 0 spiro atoms. The van der Waals surface area contributed by atoms with Gasteiger partial charge in [0.15, 0.2) is 0 Å². The van der Waals surface area contributed by atoms with E-state index >= 15 is 0 Å². The third-order valence-corrected chi connectivity index (χ3v) is 3.92. The first-order valence-corrected chi connectivity index (χ1v) is 6.84. The second-order valence-electron chi connectivity index (χ2n) is 3.85. The Bertz CT molecular complexity index is 585. The minimum absolute atomic E-state index is 0.316. The summed E-state index contributed by atoms with van der Waals surface area (Å²) in [5.41, 5.74) is -0.0461. The molecule has 0 aliphatic carbocycles. The van der Waals surface area contributed by atoms with E-state index in [2.05, 4.69) is 31.9 Å². The highest BCUT2D eigenvalue weighted by atomic mass is 79.9. The predicted octanol–water partition coefficient (Wildman–Crippen LogP) is 5.49. The molecule has 0 saturated carbocycles. The Morgan fingerprint density at radius 3 is 1.84 bits per heavy atom. The fourth-order valence-corrected chi connectivity index (χ4v) is 2.87. The van der Waals surface area contributed by atoms with E-state index in [1.54, 1.807) is 0 Å². The average molecular weight is 398 g/mol. The van der Waals surface area contributed by atoms with E-state index < -0.39 is 28.1 Å². The summed E-state index contributed by atoms with van der Waals surface area (Å²) in [6, 6.07) is 5.06. The lowest BCUT2D eigenvalue weighted by Crippen LogP contribution is -2.02. The van der Waals surface area contributed by atoms with Crippen molar-refractivity contribution < 1.29 is 17.6 Å². The zero-order chi connectivity index (χ0) is 14.2. The summed E-state index contributed by atoms with van der Waals surface area (Å²) >= 11 is 6.19. The second kappa shape index (κ2) is 5.63. The lowest BCUT2D eigenvalue weighted by molar-refractivity contribution is 0.527. The van der Waals surface area contributed by atoms with Crippen LogP contribution in [0.4, 0.5) is 17.6 Å². The van der Waals surface area contributed by atoms with Crippen LogP contribution in [0.15, 0.2) is 34.8 Å².